The molecular weight excluding hydrogens is 362 g/mol. The van der Waals surface area contributed by atoms with E-state index in [1.54, 1.807) is 0 Å². The highest BCUT2D eigenvalue weighted by Crippen LogP contribution is 2.38. The van der Waals surface area contributed by atoms with Crippen molar-refractivity contribution >= 4 is 21.7 Å². The third-order valence-electron chi connectivity index (χ3n) is 6.02. The number of carbonyl (C=O) groups is 1. The van der Waals surface area contributed by atoms with Crippen molar-refractivity contribution in [2.75, 3.05) is 24.7 Å². The van der Waals surface area contributed by atoms with Gasteiger partial charge in [-0.1, -0.05) is 13.0 Å². The number of amides is 2. The molecule has 2 aliphatic rings. The van der Waals surface area contributed by atoms with Gasteiger partial charge in [0.25, 0.3) is 0 Å². The van der Waals surface area contributed by atoms with Gasteiger partial charge in [0.1, 0.15) is 0 Å². The summed E-state index contributed by atoms with van der Waals surface area (Å²) in [5.74, 6) is -0.0586. The zero-order valence-corrected chi connectivity index (χ0v) is 17.4. The Labute approximate surface area is 162 Å². The number of rotatable bonds is 7. The Morgan fingerprint density at radius 1 is 1.15 bits per heavy atom. The van der Waals surface area contributed by atoms with Crippen LogP contribution in [-0.4, -0.2) is 44.7 Å². The molecule has 6 nitrogen and oxygen atoms in total. The molecule has 0 bridgehead atoms. The highest BCUT2D eigenvalue weighted by Gasteiger charge is 2.26. The number of hydrogen-bond acceptors (Lipinski definition) is 4. The third-order valence-corrected chi connectivity index (χ3v) is 7.28. The lowest BCUT2D eigenvalue weighted by molar-refractivity contribution is 0.256. The van der Waals surface area contributed by atoms with Gasteiger partial charge in [0.15, 0.2) is 0 Å². The number of fused-ring (bicyclic) bond motifs is 2. The van der Waals surface area contributed by atoms with E-state index in [1.165, 1.54) is 22.3 Å². The summed E-state index contributed by atoms with van der Waals surface area (Å²) in [4.78, 5) is 14.5. The summed E-state index contributed by atoms with van der Waals surface area (Å²) in [5.41, 5.74) is 5.88. The molecule has 0 saturated carbocycles. The Hall–Kier alpha value is -1.60. The number of aryl methyl sites for hydroxylation is 2. The molecule has 2 aliphatic carbocycles. The van der Waals surface area contributed by atoms with Gasteiger partial charge in [-0.25, -0.2) is 17.9 Å². The van der Waals surface area contributed by atoms with E-state index >= 15 is 0 Å². The van der Waals surface area contributed by atoms with E-state index < -0.39 is 16.1 Å². The number of nitrogens with zero attached hydrogens (tertiary/aromatic N) is 1. The highest BCUT2D eigenvalue weighted by atomic mass is 32.2. The first-order valence-electron chi connectivity index (χ1n) is 9.99. The number of benzene rings is 1. The molecule has 0 saturated heterocycles. The molecule has 2 N–H and O–H groups in total. The fourth-order valence-electron chi connectivity index (χ4n) is 4.16. The van der Waals surface area contributed by atoms with Crippen LogP contribution in [0.3, 0.4) is 0 Å². The quantitative estimate of drug-likeness (QED) is 0.747. The number of sulfonamides is 1. The van der Waals surface area contributed by atoms with Crippen molar-refractivity contribution in [2.45, 2.75) is 64.8 Å². The average Bonchev–Trinajstić information content (AvgIpc) is 3.27. The maximum atomic E-state index is 12.5. The number of hydrogen-bond donors (Lipinski definition) is 2. The summed E-state index contributed by atoms with van der Waals surface area (Å²) in [6.07, 6.45) is 6.66. The SMILES string of the molecule is CCN(C)C(C)CCS(=O)(=O)NC(=O)Nc1c2c(cc3c1CCC3)CCC2. The van der Waals surface area contributed by atoms with Crippen LogP contribution in [0.2, 0.25) is 0 Å². The van der Waals surface area contributed by atoms with E-state index in [4.69, 9.17) is 0 Å². The molecule has 1 aromatic carbocycles. The Morgan fingerprint density at radius 3 is 2.30 bits per heavy atom. The van der Waals surface area contributed by atoms with Crippen molar-refractivity contribution in [3.63, 3.8) is 0 Å². The Balaban J connectivity index is 1.66. The summed E-state index contributed by atoms with van der Waals surface area (Å²) < 4.78 is 26.9. The lowest BCUT2D eigenvalue weighted by atomic mass is 9.99. The summed E-state index contributed by atoms with van der Waals surface area (Å²) in [6.45, 7) is 4.89. The molecule has 1 aromatic rings. The van der Waals surface area contributed by atoms with Crippen molar-refractivity contribution in [3.8, 4) is 0 Å². The van der Waals surface area contributed by atoms with Gasteiger partial charge < -0.3 is 10.2 Å². The van der Waals surface area contributed by atoms with E-state index in [9.17, 15) is 13.2 Å². The van der Waals surface area contributed by atoms with Gasteiger partial charge in [0.05, 0.1) is 5.75 Å². The molecule has 27 heavy (non-hydrogen) atoms. The van der Waals surface area contributed by atoms with E-state index in [1.807, 2.05) is 20.9 Å². The van der Waals surface area contributed by atoms with Crippen LogP contribution < -0.4 is 10.0 Å². The molecule has 0 fully saturated rings. The summed E-state index contributed by atoms with van der Waals surface area (Å²) in [7, 11) is -1.69. The Bertz CT molecular complexity index is 788. The normalized spacial score (nSPS) is 16.9. The molecule has 1 unspecified atom stereocenters. The standard InChI is InChI=1S/C20H31N3O3S/c1-4-23(3)14(2)11-12-27(25,26)22-20(24)21-19-17-9-5-7-15(17)13-16-8-6-10-18(16)19/h13-14H,4-12H2,1-3H3,(H2,21,22,24). The van der Waals surface area contributed by atoms with Crippen LogP contribution in [0, 0.1) is 0 Å². The molecule has 150 valence electrons. The van der Waals surface area contributed by atoms with Gasteiger partial charge in [0, 0.05) is 11.7 Å². The molecular formula is C20H31N3O3S. The molecule has 0 aromatic heterocycles. The minimum Gasteiger partial charge on any atom is -0.307 e. The molecule has 7 heteroatoms. The smallest absolute Gasteiger partial charge is 0.307 e. The van der Waals surface area contributed by atoms with Gasteiger partial charge in [-0.05, 0) is 87.7 Å². The Morgan fingerprint density at radius 2 is 1.74 bits per heavy atom. The van der Waals surface area contributed by atoms with Gasteiger partial charge in [-0.2, -0.15) is 0 Å². The first kappa shape index (κ1) is 20.1. The predicted molar refractivity (Wildman–Crippen MR) is 109 cm³/mol. The summed E-state index contributed by atoms with van der Waals surface area (Å²) >= 11 is 0. The van der Waals surface area contributed by atoms with E-state index in [2.05, 4.69) is 21.0 Å². The van der Waals surface area contributed by atoms with Crippen LogP contribution in [0.1, 0.15) is 55.4 Å². The van der Waals surface area contributed by atoms with Crippen LogP contribution in [-0.2, 0) is 35.7 Å². The molecule has 1 atom stereocenters. The zero-order valence-electron chi connectivity index (χ0n) is 16.6. The second-order valence-electron chi connectivity index (χ2n) is 7.82. The van der Waals surface area contributed by atoms with Crippen molar-refractivity contribution in [1.82, 2.24) is 9.62 Å². The monoisotopic (exact) mass is 393 g/mol. The summed E-state index contributed by atoms with van der Waals surface area (Å²) in [6, 6.07) is 1.80. The minimum absolute atomic E-state index is 0.0586. The fraction of sp³-hybridized carbons (Fsp3) is 0.650. The van der Waals surface area contributed by atoms with Crippen LogP contribution in [0.4, 0.5) is 10.5 Å². The van der Waals surface area contributed by atoms with E-state index in [-0.39, 0.29) is 11.8 Å². The fourth-order valence-corrected chi connectivity index (χ4v) is 5.24. The van der Waals surface area contributed by atoms with Crippen molar-refractivity contribution in [2.24, 2.45) is 0 Å². The summed E-state index contributed by atoms with van der Waals surface area (Å²) in [5, 5.41) is 2.88. The topological polar surface area (TPSA) is 78.5 Å². The third kappa shape index (κ3) is 4.63. The van der Waals surface area contributed by atoms with E-state index in [0.717, 1.165) is 50.8 Å². The van der Waals surface area contributed by atoms with Crippen molar-refractivity contribution in [1.29, 1.82) is 0 Å². The van der Waals surface area contributed by atoms with Crippen LogP contribution in [0.5, 0.6) is 0 Å². The number of anilines is 1. The molecule has 0 spiro atoms. The first-order chi connectivity index (χ1) is 12.8. The van der Waals surface area contributed by atoms with Gasteiger partial charge in [0.2, 0.25) is 10.0 Å². The predicted octanol–water partition coefficient (Wildman–Crippen LogP) is 2.85. The van der Waals surface area contributed by atoms with Gasteiger partial charge >= 0.3 is 6.03 Å². The van der Waals surface area contributed by atoms with E-state index in [0.29, 0.717) is 6.42 Å². The molecule has 0 radical (unpaired) electrons. The molecule has 2 amide bonds. The lowest BCUT2D eigenvalue weighted by Gasteiger charge is -2.22. The minimum atomic E-state index is -3.65. The van der Waals surface area contributed by atoms with Crippen LogP contribution in [0.15, 0.2) is 6.07 Å². The Kier molecular flexibility index (Phi) is 6.11. The molecule has 3 rings (SSSR count). The number of urea groups is 1. The van der Waals surface area contributed by atoms with Crippen molar-refractivity contribution < 1.29 is 13.2 Å². The first-order valence-corrected chi connectivity index (χ1v) is 11.6. The zero-order chi connectivity index (χ0) is 19.6. The molecule has 0 heterocycles. The van der Waals surface area contributed by atoms with Gasteiger partial charge in [-0.3, -0.25) is 0 Å². The maximum absolute atomic E-state index is 12.5. The lowest BCUT2D eigenvalue weighted by Crippen LogP contribution is -2.38. The maximum Gasteiger partial charge on any atom is 0.332 e. The van der Waals surface area contributed by atoms with Gasteiger partial charge in [-0.15, -0.1) is 0 Å². The van der Waals surface area contributed by atoms with Crippen molar-refractivity contribution in [3.05, 3.63) is 28.3 Å². The highest BCUT2D eigenvalue weighted by molar-refractivity contribution is 7.90. The van der Waals surface area contributed by atoms with Crippen LogP contribution in [0.25, 0.3) is 0 Å². The molecule has 0 aliphatic heterocycles. The van der Waals surface area contributed by atoms with Crippen LogP contribution >= 0.6 is 0 Å². The average molecular weight is 394 g/mol. The second-order valence-corrected chi connectivity index (χ2v) is 9.66. The second kappa shape index (κ2) is 8.19. The largest absolute Gasteiger partial charge is 0.332 e. The number of nitrogens with one attached hydrogen (secondary N) is 2. The number of carbonyl (C=O) groups excluding carboxylic acids is 1.